The van der Waals surface area contributed by atoms with Crippen molar-refractivity contribution in [3.05, 3.63) is 35.9 Å². The Morgan fingerprint density at radius 2 is 1.86 bits per heavy atom. The normalized spacial score (nSPS) is 31.3. The fourth-order valence-electron chi connectivity index (χ4n) is 3.06. The predicted octanol–water partition coefficient (Wildman–Crippen LogP) is 3.27. The van der Waals surface area contributed by atoms with Crippen LogP contribution in [0.25, 0.3) is 0 Å². The number of nitrogens with one attached hydrogen (secondary N) is 2. The fourth-order valence-corrected chi connectivity index (χ4v) is 3.06. The highest BCUT2D eigenvalue weighted by atomic mass is 19.3. The van der Waals surface area contributed by atoms with E-state index in [9.17, 15) is 13.6 Å². The molecule has 0 aliphatic heterocycles. The number of hydrogen-bond donors (Lipinski definition) is 2. The Morgan fingerprint density at radius 1 is 1.29 bits per heavy atom. The minimum absolute atomic E-state index is 0.0319. The van der Waals surface area contributed by atoms with Gasteiger partial charge in [0, 0.05) is 18.9 Å². The first-order valence-corrected chi connectivity index (χ1v) is 7.26. The monoisotopic (exact) mass is 294 g/mol. The van der Waals surface area contributed by atoms with Gasteiger partial charge in [0.2, 0.25) is 0 Å². The number of carbonyl (C=O) groups excluding carboxylic acids is 1. The van der Waals surface area contributed by atoms with Gasteiger partial charge in [-0.25, -0.2) is 13.6 Å². The van der Waals surface area contributed by atoms with E-state index >= 15 is 0 Å². The Hall–Kier alpha value is -1.65. The number of rotatable bonds is 4. The summed E-state index contributed by atoms with van der Waals surface area (Å²) in [7, 11) is 0. The first-order chi connectivity index (χ1) is 9.77. The maximum atomic E-state index is 12.8. The summed E-state index contributed by atoms with van der Waals surface area (Å²) in [6.07, 6.45) is 0.722. The summed E-state index contributed by atoms with van der Waals surface area (Å²) in [5, 5.41) is 5.56. The van der Waals surface area contributed by atoms with E-state index in [0.717, 1.165) is 12.0 Å². The Bertz CT molecular complexity index is 559. The highest BCUT2D eigenvalue weighted by molar-refractivity contribution is 5.76. The van der Waals surface area contributed by atoms with Gasteiger partial charge in [-0.2, -0.15) is 0 Å². The second kappa shape index (κ2) is 4.42. The highest BCUT2D eigenvalue weighted by Gasteiger charge is 2.63. The lowest BCUT2D eigenvalue weighted by Crippen LogP contribution is -2.45. The first-order valence-electron chi connectivity index (χ1n) is 7.26. The van der Waals surface area contributed by atoms with Crippen molar-refractivity contribution in [2.45, 2.75) is 38.2 Å². The van der Waals surface area contributed by atoms with Crippen molar-refractivity contribution in [2.24, 2.45) is 11.3 Å². The first kappa shape index (κ1) is 14.3. The van der Waals surface area contributed by atoms with Crippen LogP contribution in [0.2, 0.25) is 0 Å². The third kappa shape index (κ3) is 2.49. The second-order valence-electron chi connectivity index (χ2n) is 6.83. The second-order valence-corrected chi connectivity index (χ2v) is 6.83. The molecule has 2 fully saturated rings. The molecule has 2 aliphatic carbocycles. The molecule has 0 radical (unpaired) electrons. The van der Waals surface area contributed by atoms with E-state index in [1.165, 1.54) is 0 Å². The molecule has 0 heterocycles. The molecule has 114 valence electrons. The van der Waals surface area contributed by atoms with Crippen LogP contribution in [0.1, 0.15) is 32.3 Å². The van der Waals surface area contributed by atoms with E-state index in [0.29, 0.717) is 0 Å². The molecular weight excluding hydrogens is 274 g/mol. The lowest BCUT2D eigenvalue weighted by molar-refractivity contribution is 0.0991. The molecule has 3 rings (SSSR count). The summed E-state index contributed by atoms with van der Waals surface area (Å²) in [4.78, 5) is 12.0. The van der Waals surface area contributed by atoms with Gasteiger partial charge in [-0.1, -0.05) is 44.2 Å². The lowest BCUT2D eigenvalue weighted by Gasteiger charge is -2.23. The molecule has 5 heteroatoms. The summed E-state index contributed by atoms with van der Waals surface area (Å²) in [6.45, 7) is 4.22. The molecule has 0 aromatic heterocycles. The molecule has 2 N–H and O–H groups in total. The number of urea groups is 1. The van der Waals surface area contributed by atoms with Gasteiger partial charge in [0.05, 0.1) is 5.54 Å². The molecule has 0 spiro atoms. The zero-order chi connectivity index (χ0) is 15.3. The van der Waals surface area contributed by atoms with Crippen molar-refractivity contribution in [3.8, 4) is 0 Å². The Kier molecular flexibility index (Phi) is 3.01. The van der Waals surface area contributed by atoms with Crippen LogP contribution in [0, 0.1) is 11.3 Å². The fraction of sp³-hybridized carbons (Fsp3) is 0.562. The van der Waals surface area contributed by atoms with Gasteiger partial charge in [-0.3, -0.25) is 0 Å². The van der Waals surface area contributed by atoms with E-state index in [-0.39, 0.29) is 24.4 Å². The van der Waals surface area contributed by atoms with Crippen molar-refractivity contribution in [3.63, 3.8) is 0 Å². The van der Waals surface area contributed by atoms with Crippen LogP contribution in [0.15, 0.2) is 30.3 Å². The zero-order valence-electron chi connectivity index (χ0n) is 12.2. The number of carbonyl (C=O) groups is 1. The van der Waals surface area contributed by atoms with Gasteiger partial charge in [0.1, 0.15) is 0 Å². The molecule has 3 nitrogen and oxygen atoms in total. The standard InChI is InChI=1S/C16H20F2N2O/c1-14(2)10-15(14,11-6-4-3-5-7-11)20-13(21)19-9-12-8-16(12,17)18/h3-7,12H,8-10H2,1-2H3,(H2,19,20,21). The zero-order valence-corrected chi connectivity index (χ0v) is 12.2. The maximum absolute atomic E-state index is 12.8. The third-order valence-electron chi connectivity index (χ3n) is 4.80. The predicted molar refractivity (Wildman–Crippen MR) is 76.1 cm³/mol. The van der Waals surface area contributed by atoms with E-state index in [2.05, 4.69) is 24.5 Å². The third-order valence-corrected chi connectivity index (χ3v) is 4.80. The van der Waals surface area contributed by atoms with Gasteiger partial charge < -0.3 is 10.6 Å². The topological polar surface area (TPSA) is 41.1 Å². The summed E-state index contributed by atoms with van der Waals surface area (Å²) in [6, 6.07) is 9.42. The summed E-state index contributed by atoms with van der Waals surface area (Å²) < 4.78 is 25.6. The van der Waals surface area contributed by atoms with Gasteiger partial charge >= 0.3 is 6.03 Å². The number of halogens is 2. The maximum Gasteiger partial charge on any atom is 0.315 e. The van der Waals surface area contributed by atoms with Crippen molar-refractivity contribution >= 4 is 6.03 Å². The van der Waals surface area contributed by atoms with Crippen LogP contribution >= 0.6 is 0 Å². The van der Waals surface area contributed by atoms with Crippen LogP contribution < -0.4 is 10.6 Å². The van der Waals surface area contributed by atoms with Crippen molar-refractivity contribution in [1.82, 2.24) is 10.6 Å². The highest BCUT2D eigenvalue weighted by Crippen LogP contribution is 2.62. The molecule has 2 amide bonds. The number of hydrogen-bond acceptors (Lipinski definition) is 1. The van der Waals surface area contributed by atoms with Crippen LogP contribution in [-0.2, 0) is 5.54 Å². The Balaban J connectivity index is 1.63. The smallest absolute Gasteiger partial charge is 0.315 e. The van der Waals surface area contributed by atoms with Gasteiger partial charge in [-0.15, -0.1) is 0 Å². The molecule has 2 saturated carbocycles. The van der Waals surface area contributed by atoms with Crippen molar-refractivity contribution < 1.29 is 13.6 Å². The average molecular weight is 294 g/mol. The molecule has 2 unspecified atom stereocenters. The quantitative estimate of drug-likeness (QED) is 0.879. The molecule has 2 atom stereocenters. The molecule has 21 heavy (non-hydrogen) atoms. The SMILES string of the molecule is CC1(C)CC1(NC(=O)NCC1CC1(F)F)c1ccccc1. The van der Waals surface area contributed by atoms with E-state index in [1.54, 1.807) is 0 Å². The number of benzene rings is 1. The molecular formula is C16H20F2N2O. The average Bonchev–Trinajstić information content (AvgIpc) is 3.21. The minimum Gasteiger partial charge on any atom is -0.338 e. The Labute approximate surface area is 123 Å². The number of amides is 2. The summed E-state index contributed by atoms with van der Waals surface area (Å²) in [5.41, 5.74) is 0.626. The van der Waals surface area contributed by atoms with Crippen LogP contribution in [-0.4, -0.2) is 18.5 Å². The summed E-state index contributed by atoms with van der Waals surface area (Å²) >= 11 is 0. The van der Waals surface area contributed by atoms with E-state index in [4.69, 9.17) is 0 Å². The largest absolute Gasteiger partial charge is 0.338 e. The van der Waals surface area contributed by atoms with E-state index < -0.39 is 17.4 Å². The van der Waals surface area contributed by atoms with Crippen LogP contribution in [0.5, 0.6) is 0 Å². The van der Waals surface area contributed by atoms with Crippen molar-refractivity contribution in [1.29, 1.82) is 0 Å². The van der Waals surface area contributed by atoms with Gasteiger partial charge in [-0.05, 0) is 17.4 Å². The van der Waals surface area contributed by atoms with Crippen LogP contribution in [0.4, 0.5) is 13.6 Å². The molecule has 1 aromatic carbocycles. The van der Waals surface area contributed by atoms with Crippen molar-refractivity contribution in [2.75, 3.05) is 6.54 Å². The molecule has 0 bridgehead atoms. The van der Waals surface area contributed by atoms with Crippen LogP contribution in [0.3, 0.4) is 0 Å². The molecule has 1 aromatic rings. The van der Waals surface area contributed by atoms with E-state index in [1.807, 2.05) is 30.3 Å². The Morgan fingerprint density at radius 3 is 2.33 bits per heavy atom. The number of alkyl halides is 2. The van der Waals surface area contributed by atoms with Gasteiger partial charge in [0.15, 0.2) is 0 Å². The molecule has 0 saturated heterocycles. The lowest BCUT2D eigenvalue weighted by atomic mass is 9.96. The summed E-state index contributed by atoms with van der Waals surface area (Å²) in [5.74, 6) is -3.30. The minimum atomic E-state index is -2.59. The van der Waals surface area contributed by atoms with Gasteiger partial charge in [0.25, 0.3) is 5.92 Å². The molecule has 2 aliphatic rings.